The van der Waals surface area contributed by atoms with Gasteiger partial charge in [-0.3, -0.25) is 4.79 Å². The summed E-state index contributed by atoms with van der Waals surface area (Å²) in [6.07, 6.45) is 0. The van der Waals surface area contributed by atoms with Crippen LogP contribution < -0.4 is 10.9 Å². The molecule has 9 heteroatoms. The van der Waals surface area contributed by atoms with Crippen LogP contribution in [0.5, 0.6) is 0 Å². The number of nitrogen functional groups attached to an aromatic ring is 1. The van der Waals surface area contributed by atoms with Gasteiger partial charge in [0.25, 0.3) is 16.1 Å². The van der Waals surface area contributed by atoms with Crippen molar-refractivity contribution in [3.63, 3.8) is 0 Å². The van der Waals surface area contributed by atoms with Crippen molar-refractivity contribution in [1.82, 2.24) is 9.21 Å². The molecule has 1 aliphatic rings. The Morgan fingerprint density at radius 2 is 1.81 bits per heavy atom. The van der Waals surface area contributed by atoms with Crippen LogP contribution in [0.4, 0.5) is 10.1 Å². The number of carbonyl (C=O) groups is 1. The molecule has 7 nitrogen and oxygen atoms in total. The van der Waals surface area contributed by atoms with Crippen LogP contribution in [0.15, 0.2) is 12.1 Å². The second-order valence-corrected chi connectivity index (χ2v) is 6.48. The first-order valence-electron chi connectivity index (χ1n) is 6.33. The summed E-state index contributed by atoms with van der Waals surface area (Å²) in [5.41, 5.74) is 6.13. The fraction of sp³-hybridized carbons (Fsp3) is 0.417. The topological polar surface area (TPSA) is 110 Å². The molecule has 2 rings (SSSR count). The summed E-state index contributed by atoms with van der Waals surface area (Å²) < 4.78 is 37.5. The lowest BCUT2D eigenvalue weighted by molar-refractivity contribution is 0.0693. The molecule has 0 unspecified atom stereocenters. The van der Waals surface area contributed by atoms with Crippen LogP contribution in [0.2, 0.25) is 0 Å². The first kappa shape index (κ1) is 15.7. The molecule has 116 valence electrons. The summed E-state index contributed by atoms with van der Waals surface area (Å²) in [6, 6.07) is 2.74. The fourth-order valence-electron chi connectivity index (χ4n) is 2.27. The monoisotopic (exact) mass is 316 g/mol. The molecule has 1 fully saturated rings. The number of hydrogen-bond donors (Lipinski definition) is 2. The Morgan fingerprint density at radius 1 is 1.24 bits per heavy atom. The number of amides is 1. The van der Waals surface area contributed by atoms with Crippen molar-refractivity contribution >= 4 is 21.8 Å². The van der Waals surface area contributed by atoms with Gasteiger partial charge in [-0.25, -0.2) is 9.53 Å². The maximum Gasteiger partial charge on any atom is 0.277 e. The predicted molar refractivity (Wildman–Crippen MR) is 76.1 cm³/mol. The molecular weight excluding hydrogens is 299 g/mol. The molecule has 21 heavy (non-hydrogen) atoms. The Bertz CT molecular complexity index is 669. The van der Waals surface area contributed by atoms with Gasteiger partial charge in [0, 0.05) is 31.9 Å². The zero-order chi connectivity index (χ0) is 15.8. The summed E-state index contributed by atoms with van der Waals surface area (Å²) in [5, 5.41) is 5.02. The third-order valence-electron chi connectivity index (χ3n) is 3.39. The Morgan fingerprint density at radius 3 is 2.33 bits per heavy atom. The van der Waals surface area contributed by atoms with Crippen LogP contribution in [0.3, 0.4) is 0 Å². The fourth-order valence-corrected chi connectivity index (χ4v) is 2.94. The van der Waals surface area contributed by atoms with E-state index in [9.17, 15) is 17.6 Å². The van der Waals surface area contributed by atoms with Crippen molar-refractivity contribution in [1.29, 1.82) is 0 Å². The van der Waals surface area contributed by atoms with Gasteiger partial charge in [-0.1, -0.05) is 0 Å². The highest BCUT2D eigenvalue weighted by Crippen LogP contribution is 2.19. The summed E-state index contributed by atoms with van der Waals surface area (Å²) in [7, 11) is -3.76. The van der Waals surface area contributed by atoms with E-state index in [0.29, 0.717) is 11.3 Å². The molecule has 1 aliphatic heterocycles. The number of benzene rings is 1. The van der Waals surface area contributed by atoms with Gasteiger partial charge in [0.15, 0.2) is 0 Å². The molecule has 0 bridgehead atoms. The molecule has 0 atom stereocenters. The zero-order valence-corrected chi connectivity index (χ0v) is 12.4. The van der Waals surface area contributed by atoms with Gasteiger partial charge in [0.2, 0.25) is 0 Å². The van der Waals surface area contributed by atoms with Crippen LogP contribution in [-0.2, 0) is 10.2 Å². The van der Waals surface area contributed by atoms with Gasteiger partial charge in [0.1, 0.15) is 5.82 Å². The zero-order valence-electron chi connectivity index (χ0n) is 11.5. The normalized spacial score (nSPS) is 17.0. The third kappa shape index (κ3) is 3.31. The standard InChI is InChI=1S/C12H17FN4O3S/c1-8-6-9(14)7-10(11(8)13)12(18)16-2-4-17(5-3-16)21(15,19)20/h6-7H,2-5,14H2,1H3,(H2,15,19,20). The van der Waals surface area contributed by atoms with Crippen LogP contribution in [0.1, 0.15) is 15.9 Å². The van der Waals surface area contributed by atoms with Crippen molar-refractivity contribution in [2.75, 3.05) is 31.9 Å². The lowest BCUT2D eigenvalue weighted by Crippen LogP contribution is -2.52. The average Bonchev–Trinajstić information content (AvgIpc) is 2.41. The first-order valence-corrected chi connectivity index (χ1v) is 7.83. The summed E-state index contributed by atoms with van der Waals surface area (Å²) in [6.45, 7) is 2.02. The molecule has 0 aromatic heterocycles. The van der Waals surface area contributed by atoms with E-state index in [2.05, 4.69) is 0 Å². The number of carbonyl (C=O) groups excluding carboxylic acids is 1. The Kier molecular flexibility index (Phi) is 4.17. The van der Waals surface area contributed by atoms with Gasteiger partial charge >= 0.3 is 0 Å². The highest BCUT2D eigenvalue weighted by molar-refractivity contribution is 7.86. The van der Waals surface area contributed by atoms with Gasteiger partial charge in [0.05, 0.1) is 5.56 Å². The largest absolute Gasteiger partial charge is 0.399 e. The van der Waals surface area contributed by atoms with Crippen LogP contribution in [0.25, 0.3) is 0 Å². The number of nitrogens with two attached hydrogens (primary N) is 2. The van der Waals surface area contributed by atoms with E-state index >= 15 is 0 Å². The molecule has 1 aromatic carbocycles. The smallest absolute Gasteiger partial charge is 0.277 e. The average molecular weight is 316 g/mol. The number of rotatable bonds is 2. The number of halogens is 1. The van der Waals surface area contributed by atoms with Crippen LogP contribution in [-0.4, -0.2) is 49.7 Å². The SMILES string of the molecule is Cc1cc(N)cc(C(=O)N2CCN(S(N)(=O)=O)CC2)c1F. The van der Waals surface area contributed by atoms with E-state index in [1.807, 2.05) is 0 Å². The molecule has 0 radical (unpaired) electrons. The second kappa shape index (κ2) is 5.58. The lowest BCUT2D eigenvalue weighted by atomic mass is 10.1. The molecule has 1 aromatic rings. The van der Waals surface area contributed by atoms with Gasteiger partial charge in [-0.05, 0) is 24.6 Å². The molecule has 0 aliphatic carbocycles. The van der Waals surface area contributed by atoms with E-state index in [-0.39, 0.29) is 31.7 Å². The molecule has 1 heterocycles. The highest BCUT2D eigenvalue weighted by Gasteiger charge is 2.28. The van der Waals surface area contributed by atoms with E-state index in [1.54, 1.807) is 0 Å². The number of piperazine rings is 1. The van der Waals surface area contributed by atoms with E-state index < -0.39 is 21.9 Å². The number of hydrogen-bond acceptors (Lipinski definition) is 4. The Balaban J connectivity index is 2.16. The second-order valence-electron chi connectivity index (χ2n) is 4.94. The summed E-state index contributed by atoms with van der Waals surface area (Å²) >= 11 is 0. The van der Waals surface area contributed by atoms with Crippen molar-refractivity contribution in [3.05, 3.63) is 29.1 Å². The van der Waals surface area contributed by atoms with Crippen LogP contribution >= 0.6 is 0 Å². The van der Waals surface area contributed by atoms with Gasteiger partial charge in [-0.2, -0.15) is 12.7 Å². The van der Waals surface area contributed by atoms with Crippen molar-refractivity contribution in [2.24, 2.45) is 5.14 Å². The molecule has 0 saturated carbocycles. The number of anilines is 1. The van der Waals surface area contributed by atoms with Crippen molar-refractivity contribution < 1.29 is 17.6 Å². The first-order chi connectivity index (χ1) is 9.70. The molecule has 1 amide bonds. The van der Waals surface area contributed by atoms with E-state index in [1.165, 1.54) is 24.0 Å². The molecule has 4 N–H and O–H groups in total. The van der Waals surface area contributed by atoms with Crippen molar-refractivity contribution in [3.8, 4) is 0 Å². The summed E-state index contributed by atoms with van der Waals surface area (Å²) in [4.78, 5) is 13.7. The molecule has 1 saturated heterocycles. The lowest BCUT2D eigenvalue weighted by Gasteiger charge is -2.33. The number of nitrogens with zero attached hydrogens (tertiary/aromatic N) is 2. The minimum absolute atomic E-state index is 0.0908. The quantitative estimate of drug-likeness (QED) is 0.728. The van der Waals surface area contributed by atoms with Gasteiger partial charge in [-0.15, -0.1) is 0 Å². The molecular formula is C12H17FN4O3S. The number of aryl methyl sites for hydroxylation is 1. The third-order valence-corrected chi connectivity index (χ3v) is 4.48. The minimum atomic E-state index is -3.76. The van der Waals surface area contributed by atoms with E-state index in [0.717, 1.165) is 4.31 Å². The maximum atomic E-state index is 14.0. The van der Waals surface area contributed by atoms with Crippen molar-refractivity contribution in [2.45, 2.75) is 6.92 Å². The Labute approximate surface area is 122 Å². The predicted octanol–water partition coefficient (Wildman–Crippen LogP) is -0.322. The molecule has 0 spiro atoms. The minimum Gasteiger partial charge on any atom is -0.399 e. The summed E-state index contributed by atoms with van der Waals surface area (Å²) in [5.74, 6) is -1.11. The van der Waals surface area contributed by atoms with E-state index in [4.69, 9.17) is 10.9 Å². The van der Waals surface area contributed by atoms with Crippen LogP contribution in [0, 0.1) is 12.7 Å². The van der Waals surface area contributed by atoms with Gasteiger partial charge < -0.3 is 10.6 Å². The highest BCUT2D eigenvalue weighted by atomic mass is 32.2. The Hall–Kier alpha value is -1.71. The maximum absolute atomic E-state index is 14.0.